The van der Waals surface area contributed by atoms with Crippen LogP contribution in [0.5, 0.6) is 0 Å². The Kier molecular flexibility index (Phi) is 5.04. The summed E-state index contributed by atoms with van der Waals surface area (Å²) in [6.07, 6.45) is 8.42. The first-order chi connectivity index (χ1) is 9.67. The molecule has 2 N–H and O–H groups in total. The number of anilines is 2. The fourth-order valence-corrected chi connectivity index (χ4v) is 3.74. The van der Waals surface area contributed by atoms with E-state index in [4.69, 9.17) is 0 Å². The van der Waals surface area contributed by atoms with Gasteiger partial charge in [-0.1, -0.05) is 24.3 Å². The Hall–Kier alpha value is -1.52. The van der Waals surface area contributed by atoms with Gasteiger partial charge in [0.25, 0.3) is 0 Å². The van der Waals surface area contributed by atoms with E-state index in [-0.39, 0.29) is 0 Å². The second kappa shape index (κ2) is 6.77. The Morgan fingerprint density at radius 1 is 0.800 bits per heavy atom. The van der Waals surface area contributed by atoms with Gasteiger partial charge in [-0.3, -0.25) is 10.9 Å². The van der Waals surface area contributed by atoms with Crippen molar-refractivity contribution in [1.82, 2.24) is 0 Å². The molecule has 0 spiro atoms. The molecular weight excluding hydrogens is 284 g/mol. The summed E-state index contributed by atoms with van der Waals surface area (Å²) in [5.74, 6) is 0. The maximum atomic E-state index is 3.34. The van der Waals surface area contributed by atoms with E-state index in [1.54, 1.807) is 22.7 Å². The van der Waals surface area contributed by atoms with E-state index in [0.29, 0.717) is 0 Å². The van der Waals surface area contributed by atoms with E-state index in [2.05, 4.69) is 59.8 Å². The summed E-state index contributed by atoms with van der Waals surface area (Å²) in [7, 11) is 0. The van der Waals surface area contributed by atoms with Gasteiger partial charge in [0.1, 0.15) is 10.0 Å². The van der Waals surface area contributed by atoms with Crippen LogP contribution in [0.15, 0.2) is 22.9 Å². The molecule has 0 bridgehead atoms. The van der Waals surface area contributed by atoms with Crippen LogP contribution in [0.2, 0.25) is 0 Å². The smallest absolute Gasteiger partial charge is 0.114 e. The summed E-state index contributed by atoms with van der Waals surface area (Å²) in [4.78, 5) is 0. The summed E-state index contributed by atoms with van der Waals surface area (Å²) in [6, 6.07) is 0. The average Bonchev–Trinajstić information content (AvgIpc) is 2.95. The van der Waals surface area contributed by atoms with Gasteiger partial charge in [0.15, 0.2) is 0 Å². The third-order valence-electron chi connectivity index (χ3n) is 3.00. The number of nitrogens with one attached hydrogen (secondary N) is 2. The zero-order chi connectivity index (χ0) is 14.5. The molecule has 0 atom stereocenters. The topological polar surface area (TPSA) is 24.1 Å². The number of allylic oxidation sites excluding steroid dienone is 2. The lowest BCUT2D eigenvalue weighted by atomic mass is 10.2. The molecule has 106 valence electrons. The number of thiophene rings is 2. The highest BCUT2D eigenvalue weighted by molar-refractivity contribution is 7.15. The summed E-state index contributed by atoms with van der Waals surface area (Å²) in [5, 5.41) is 6.65. The van der Waals surface area contributed by atoms with E-state index in [1.165, 1.54) is 22.3 Å². The molecule has 0 aromatic carbocycles. The molecule has 0 saturated carbocycles. The van der Waals surface area contributed by atoms with Gasteiger partial charge in [-0.25, -0.2) is 0 Å². The van der Waals surface area contributed by atoms with Crippen molar-refractivity contribution in [3.05, 3.63) is 45.2 Å². The number of rotatable bonds is 5. The van der Waals surface area contributed by atoms with Crippen molar-refractivity contribution in [2.75, 3.05) is 10.9 Å². The SMILES string of the molecule is CC=Cc1c(C)csc1NNc1scc(C)c1C=CC. The normalized spacial score (nSPS) is 11.6. The van der Waals surface area contributed by atoms with Gasteiger partial charge in [-0.05, 0) is 49.6 Å². The highest BCUT2D eigenvalue weighted by atomic mass is 32.1. The van der Waals surface area contributed by atoms with Gasteiger partial charge >= 0.3 is 0 Å². The molecule has 2 aromatic heterocycles. The number of hydrazine groups is 1. The van der Waals surface area contributed by atoms with Gasteiger partial charge < -0.3 is 0 Å². The van der Waals surface area contributed by atoms with Gasteiger partial charge in [0.05, 0.1) is 0 Å². The number of hydrogen-bond donors (Lipinski definition) is 2. The molecule has 0 saturated heterocycles. The van der Waals surface area contributed by atoms with Crippen LogP contribution in [0.3, 0.4) is 0 Å². The summed E-state index contributed by atoms with van der Waals surface area (Å²) in [6.45, 7) is 8.36. The molecule has 0 amide bonds. The van der Waals surface area contributed by atoms with Crippen LogP contribution in [0.1, 0.15) is 36.1 Å². The van der Waals surface area contributed by atoms with Crippen molar-refractivity contribution in [2.45, 2.75) is 27.7 Å². The predicted octanol–water partition coefficient (Wildman–Crippen LogP) is 5.93. The van der Waals surface area contributed by atoms with Crippen LogP contribution in [0.4, 0.5) is 10.0 Å². The first kappa shape index (κ1) is 14.9. The lowest BCUT2D eigenvalue weighted by Crippen LogP contribution is -2.07. The molecule has 20 heavy (non-hydrogen) atoms. The maximum Gasteiger partial charge on any atom is 0.114 e. The molecule has 0 aliphatic carbocycles. The van der Waals surface area contributed by atoms with Crippen LogP contribution in [-0.2, 0) is 0 Å². The van der Waals surface area contributed by atoms with E-state index in [1.807, 2.05) is 13.8 Å². The molecule has 2 nitrogen and oxygen atoms in total. The Morgan fingerprint density at radius 2 is 1.20 bits per heavy atom. The van der Waals surface area contributed by atoms with Crippen molar-refractivity contribution in [1.29, 1.82) is 0 Å². The second-order valence-corrected chi connectivity index (χ2v) is 6.33. The molecule has 4 heteroatoms. The van der Waals surface area contributed by atoms with Crippen LogP contribution in [0.25, 0.3) is 12.2 Å². The quantitative estimate of drug-likeness (QED) is 0.669. The monoisotopic (exact) mass is 304 g/mol. The van der Waals surface area contributed by atoms with Gasteiger partial charge in [-0.15, -0.1) is 22.7 Å². The summed E-state index contributed by atoms with van der Waals surface area (Å²) < 4.78 is 0. The number of hydrogen-bond acceptors (Lipinski definition) is 4. The van der Waals surface area contributed by atoms with Gasteiger partial charge in [0.2, 0.25) is 0 Å². The first-order valence-electron chi connectivity index (χ1n) is 6.61. The fourth-order valence-electron chi connectivity index (χ4n) is 1.96. The highest BCUT2D eigenvalue weighted by Gasteiger charge is 2.08. The third-order valence-corrected chi connectivity index (χ3v) is 5.06. The van der Waals surface area contributed by atoms with Crippen LogP contribution in [-0.4, -0.2) is 0 Å². The lowest BCUT2D eigenvalue weighted by Gasteiger charge is -2.09. The van der Waals surface area contributed by atoms with Crippen molar-refractivity contribution < 1.29 is 0 Å². The summed E-state index contributed by atoms with van der Waals surface area (Å²) >= 11 is 3.45. The Labute approximate surface area is 128 Å². The molecule has 2 rings (SSSR count). The van der Waals surface area contributed by atoms with Gasteiger partial charge in [-0.2, -0.15) is 0 Å². The average molecular weight is 304 g/mol. The fraction of sp³-hybridized carbons (Fsp3) is 0.250. The second-order valence-electron chi connectivity index (χ2n) is 4.57. The zero-order valence-electron chi connectivity index (χ0n) is 12.3. The van der Waals surface area contributed by atoms with E-state index >= 15 is 0 Å². The molecule has 0 radical (unpaired) electrons. The molecule has 0 fully saturated rings. The summed E-state index contributed by atoms with van der Waals surface area (Å²) in [5.41, 5.74) is 11.8. The predicted molar refractivity (Wildman–Crippen MR) is 94.8 cm³/mol. The van der Waals surface area contributed by atoms with Crippen LogP contribution < -0.4 is 10.9 Å². The van der Waals surface area contributed by atoms with Crippen molar-refractivity contribution in [2.24, 2.45) is 0 Å². The van der Waals surface area contributed by atoms with E-state index < -0.39 is 0 Å². The van der Waals surface area contributed by atoms with Crippen molar-refractivity contribution in [3.8, 4) is 0 Å². The zero-order valence-corrected chi connectivity index (χ0v) is 13.9. The van der Waals surface area contributed by atoms with Crippen molar-refractivity contribution >= 4 is 44.8 Å². The van der Waals surface area contributed by atoms with Crippen LogP contribution in [0, 0.1) is 13.8 Å². The van der Waals surface area contributed by atoms with E-state index in [0.717, 1.165) is 10.0 Å². The minimum Gasteiger partial charge on any atom is -0.290 e. The molecule has 2 heterocycles. The molecular formula is C16H20N2S2. The Bertz CT molecular complexity index is 577. The van der Waals surface area contributed by atoms with Gasteiger partial charge in [0, 0.05) is 11.1 Å². The third kappa shape index (κ3) is 3.14. The largest absolute Gasteiger partial charge is 0.290 e. The van der Waals surface area contributed by atoms with Crippen LogP contribution >= 0.6 is 22.7 Å². The first-order valence-corrected chi connectivity index (χ1v) is 8.37. The van der Waals surface area contributed by atoms with Crippen molar-refractivity contribution in [3.63, 3.8) is 0 Å². The standard InChI is InChI=1S/C16H20N2S2/c1-5-7-13-11(3)9-19-15(13)17-18-16-14(8-6-2)12(4)10-20-16/h5-10,17-18H,1-4H3. The maximum absolute atomic E-state index is 3.34. The van der Waals surface area contributed by atoms with E-state index in [9.17, 15) is 0 Å². The highest BCUT2D eigenvalue weighted by Crippen LogP contribution is 2.32. The lowest BCUT2D eigenvalue weighted by molar-refractivity contribution is 1.43. The number of aryl methyl sites for hydroxylation is 2. The molecule has 0 aliphatic rings. The molecule has 0 aliphatic heterocycles. The molecule has 2 aromatic rings. The minimum atomic E-state index is 1.15. The minimum absolute atomic E-state index is 1.15. The Morgan fingerprint density at radius 3 is 1.55 bits per heavy atom. The Balaban J connectivity index is 2.17. The molecule has 0 unspecified atom stereocenters.